The quantitative estimate of drug-likeness (QED) is 0.815. The molecule has 4 heteroatoms. The van der Waals surface area contributed by atoms with Gasteiger partial charge in [-0.05, 0) is 58.1 Å². The van der Waals surface area contributed by atoms with E-state index in [1.807, 2.05) is 30.5 Å². The first-order chi connectivity index (χ1) is 9.58. The van der Waals surface area contributed by atoms with Crippen molar-refractivity contribution in [3.8, 4) is 0 Å². The summed E-state index contributed by atoms with van der Waals surface area (Å²) in [6, 6.07) is 8.44. The van der Waals surface area contributed by atoms with Crippen molar-refractivity contribution < 1.29 is 0 Å². The van der Waals surface area contributed by atoms with Crippen LogP contribution in [0.5, 0.6) is 0 Å². The number of anilines is 1. The lowest BCUT2D eigenvalue weighted by atomic mass is 10.2. The van der Waals surface area contributed by atoms with Gasteiger partial charge in [-0.1, -0.05) is 11.6 Å². The molecule has 1 aromatic heterocycles. The van der Waals surface area contributed by atoms with Crippen molar-refractivity contribution in [2.24, 2.45) is 0 Å². The van der Waals surface area contributed by atoms with Crippen LogP contribution in [0.4, 0.5) is 5.69 Å². The smallest absolute Gasteiger partial charge is 0.0737 e. The molecule has 1 N–H and O–H groups in total. The SMILES string of the molecule is CC(C)N(C)CCCNc1ccnc2cc(Cl)ccc12. The highest BCUT2D eigenvalue weighted by atomic mass is 35.5. The van der Waals surface area contributed by atoms with Gasteiger partial charge in [-0.2, -0.15) is 0 Å². The predicted octanol–water partition coefficient (Wildman–Crippen LogP) is 4.03. The number of halogens is 1. The highest BCUT2D eigenvalue weighted by molar-refractivity contribution is 6.31. The van der Waals surface area contributed by atoms with Crippen molar-refractivity contribution in [1.82, 2.24) is 9.88 Å². The zero-order chi connectivity index (χ0) is 14.5. The van der Waals surface area contributed by atoms with Gasteiger partial charge in [0.15, 0.2) is 0 Å². The molecule has 0 saturated carbocycles. The predicted molar refractivity (Wildman–Crippen MR) is 87.6 cm³/mol. The molecular formula is C16H22ClN3. The van der Waals surface area contributed by atoms with Crippen molar-refractivity contribution in [3.63, 3.8) is 0 Å². The van der Waals surface area contributed by atoms with Crippen LogP contribution in [0.15, 0.2) is 30.5 Å². The molecule has 0 aliphatic carbocycles. The lowest BCUT2D eigenvalue weighted by Crippen LogP contribution is -2.28. The highest BCUT2D eigenvalue weighted by Gasteiger charge is 2.04. The Labute approximate surface area is 126 Å². The number of pyridine rings is 1. The fraction of sp³-hybridized carbons (Fsp3) is 0.438. The fourth-order valence-electron chi connectivity index (χ4n) is 2.09. The summed E-state index contributed by atoms with van der Waals surface area (Å²) < 4.78 is 0. The number of fused-ring (bicyclic) bond motifs is 1. The van der Waals surface area contributed by atoms with Gasteiger partial charge in [0, 0.05) is 34.9 Å². The molecule has 0 aliphatic rings. The number of nitrogens with one attached hydrogen (secondary N) is 1. The van der Waals surface area contributed by atoms with Gasteiger partial charge in [-0.25, -0.2) is 0 Å². The molecule has 0 radical (unpaired) electrons. The Kier molecular flexibility index (Phi) is 5.21. The maximum atomic E-state index is 6.00. The zero-order valence-corrected chi connectivity index (χ0v) is 13.1. The summed E-state index contributed by atoms with van der Waals surface area (Å²) in [6.07, 6.45) is 2.94. The Morgan fingerprint density at radius 3 is 2.85 bits per heavy atom. The molecule has 1 heterocycles. The Bertz CT molecular complexity index is 569. The standard InChI is InChI=1S/C16H22ClN3/c1-12(2)20(3)10-4-8-18-15-7-9-19-16-11-13(17)5-6-14(15)16/h5-7,9,11-12H,4,8,10H2,1-3H3,(H,18,19). The summed E-state index contributed by atoms with van der Waals surface area (Å²) in [4.78, 5) is 6.70. The Hall–Kier alpha value is -1.32. The summed E-state index contributed by atoms with van der Waals surface area (Å²) in [5, 5.41) is 5.33. The average Bonchev–Trinajstić information content (AvgIpc) is 2.42. The van der Waals surface area contributed by atoms with Crippen LogP contribution in [0, 0.1) is 0 Å². The number of benzene rings is 1. The van der Waals surface area contributed by atoms with Crippen molar-refractivity contribution in [3.05, 3.63) is 35.5 Å². The Morgan fingerprint density at radius 2 is 2.10 bits per heavy atom. The lowest BCUT2D eigenvalue weighted by molar-refractivity contribution is 0.273. The first-order valence-corrected chi connectivity index (χ1v) is 7.44. The van der Waals surface area contributed by atoms with Gasteiger partial charge in [-0.3, -0.25) is 4.98 Å². The normalized spacial score (nSPS) is 11.5. The van der Waals surface area contributed by atoms with E-state index in [1.165, 1.54) is 0 Å². The molecule has 108 valence electrons. The molecule has 3 nitrogen and oxygen atoms in total. The zero-order valence-electron chi connectivity index (χ0n) is 12.4. The highest BCUT2D eigenvalue weighted by Crippen LogP contribution is 2.24. The number of aromatic nitrogens is 1. The van der Waals surface area contributed by atoms with Crippen LogP contribution < -0.4 is 5.32 Å². The fourth-order valence-corrected chi connectivity index (χ4v) is 2.25. The Morgan fingerprint density at radius 1 is 1.30 bits per heavy atom. The van der Waals surface area contributed by atoms with E-state index >= 15 is 0 Å². The van der Waals surface area contributed by atoms with E-state index < -0.39 is 0 Å². The molecule has 2 rings (SSSR count). The van der Waals surface area contributed by atoms with Crippen LogP contribution >= 0.6 is 11.6 Å². The Balaban J connectivity index is 1.97. The molecule has 1 aromatic carbocycles. The third-order valence-electron chi connectivity index (χ3n) is 3.59. The second-order valence-electron chi connectivity index (χ2n) is 5.37. The monoisotopic (exact) mass is 291 g/mol. The number of hydrogen-bond acceptors (Lipinski definition) is 3. The van der Waals surface area contributed by atoms with Crippen molar-refractivity contribution in [2.75, 3.05) is 25.5 Å². The number of hydrogen-bond donors (Lipinski definition) is 1. The summed E-state index contributed by atoms with van der Waals surface area (Å²) in [7, 11) is 2.16. The van der Waals surface area contributed by atoms with Gasteiger partial charge in [0.1, 0.15) is 0 Å². The van der Waals surface area contributed by atoms with E-state index in [1.54, 1.807) is 0 Å². The summed E-state index contributed by atoms with van der Waals surface area (Å²) in [5.41, 5.74) is 2.06. The van der Waals surface area contributed by atoms with E-state index in [4.69, 9.17) is 11.6 Å². The summed E-state index contributed by atoms with van der Waals surface area (Å²) >= 11 is 6.00. The van der Waals surface area contributed by atoms with Crippen LogP contribution in [0.2, 0.25) is 5.02 Å². The maximum Gasteiger partial charge on any atom is 0.0737 e. The minimum absolute atomic E-state index is 0.596. The average molecular weight is 292 g/mol. The molecule has 0 bridgehead atoms. The summed E-state index contributed by atoms with van der Waals surface area (Å²) in [6.45, 7) is 6.49. The van der Waals surface area contributed by atoms with Gasteiger partial charge >= 0.3 is 0 Å². The number of rotatable bonds is 6. The molecule has 0 aliphatic heterocycles. The van der Waals surface area contributed by atoms with Gasteiger partial charge in [-0.15, -0.1) is 0 Å². The molecule has 0 unspecified atom stereocenters. The largest absolute Gasteiger partial charge is 0.384 e. The first-order valence-electron chi connectivity index (χ1n) is 7.06. The third kappa shape index (κ3) is 3.84. The van der Waals surface area contributed by atoms with E-state index in [-0.39, 0.29) is 0 Å². The van der Waals surface area contributed by atoms with E-state index in [0.717, 1.165) is 41.1 Å². The van der Waals surface area contributed by atoms with Crippen LogP contribution in [-0.4, -0.2) is 36.1 Å². The molecular weight excluding hydrogens is 270 g/mol. The molecule has 0 amide bonds. The van der Waals surface area contributed by atoms with Crippen molar-refractivity contribution >= 4 is 28.2 Å². The van der Waals surface area contributed by atoms with E-state index in [2.05, 4.69) is 36.1 Å². The van der Waals surface area contributed by atoms with Gasteiger partial charge < -0.3 is 10.2 Å². The van der Waals surface area contributed by atoms with Gasteiger partial charge in [0.2, 0.25) is 0 Å². The second-order valence-corrected chi connectivity index (χ2v) is 5.81. The molecule has 20 heavy (non-hydrogen) atoms. The van der Waals surface area contributed by atoms with E-state index in [9.17, 15) is 0 Å². The van der Waals surface area contributed by atoms with Crippen LogP contribution in [0.3, 0.4) is 0 Å². The summed E-state index contributed by atoms with van der Waals surface area (Å²) in [5.74, 6) is 0. The maximum absolute atomic E-state index is 6.00. The third-order valence-corrected chi connectivity index (χ3v) is 3.82. The van der Waals surface area contributed by atoms with E-state index in [0.29, 0.717) is 6.04 Å². The first kappa shape index (κ1) is 15.1. The van der Waals surface area contributed by atoms with Crippen molar-refractivity contribution in [1.29, 1.82) is 0 Å². The van der Waals surface area contributed by atoms with Gasteiger partial charge in [0.25, 0.3) is 0 Å². The second kappa shape index (κ2) is 6.91. The number of nitrogens with zero attached hydrogens (tertiary/aromatic N) is 2. The van der Waals surface area contributed by atoms with Crippen LogP contribution in [-0.2, 0) is 0 Å². The van der Waals surface area contributed by atoms with Crippen LogP contribution in [0.1, 0.15) is 20.3 Å². The van der Waals surface area contributed by atoms with Gasteiger partial charge in [0.05, 0.1) is 5.52 Å². The molecule has 0 saturated heterocycles. The minimum Gasteiger partial charge on any atom is -0.384 e. The lowest BCUT2D eigenvalue weighted by Gasteiger charge is -2.21. The molecule has 2 aromatic rings. The molecule has 0 spiro atoms. The van der Waals surface area contributed by atoms with Crippen molar-refractivity contribution in [2.45, 2.75) is 26.3 Å². The van der Waals surface area contributed by atoms with Crippen LogP contribution in [0.25, 0.3) is 10.9 Å². The topological polar surface area (TPSA) is 28.2 Å². The molecule has 0 fully saturated rings. The molecule has 0 atom stereocenters. The minimum atomic E-state index is 0.596.